The van der Waals surface area contributed by atoms with Crippen molar-refractivity contribution in [2.75, 3.05) is 40.8 Å². The molecule has 0 aliphatic rings. The maximum atomic E-state index is 13.4. The molecule has 0 fully saturated rings. The van der Waals surface area contributed by atoms with E-state index in [-0.39, 0.29) is 18.0 Å². The molecule has 3 amide bonds. The summed E-state index contributed by atoms with van der Waals surface area (Å²) in [7, 11) is 5.64. The van der Waals surface area contributed by atoms with Gasteiger partial charge in [0, 0.05) is 39.2 Å². The SMILES string of the molecule is C#C/C=C(/NC(=O)[C@@H](CC(=O)N(C)CCN(C)C)Cc1ccccc1)C(=O)NCC(CCC)CCC(C)C. The first-order valence-electron chi connectivity index (χ1n) is 13.7. The van der Waals surface area contributed by atoms with Gasteiger partial charge in [-0.15, -0.1) is 6.42 Å². The first-order chi connectivity index (χ1) is 18.1. The molecule has 0 aliphatic heterocycles. The van der Waals surface area contributed by atoms with Crippen molar-refractivity contribution in [2.45, 2.75) is 59.3 Å². The number of terminal acetylenes is 1. The van der Waals surface area contributed by atoms with Gasteiger partial charge in [0.25, 0.3) is 5.91 Å². The summed E-state index contributed by atoms with van der Waals surface area (Å²) >= 11 is 0. The number of hydrogen-bond donors (Lipinski definition) is 2. The Balaban J connectivity index is 2.95. The summed E-state index contributed by atoms with van der Waals surface area (Å²) in [6.45, 7) is 8.35. The van der Waals surface area contributed by atoms with Gasteiger partial charge in [-0.1, -0.05) is 69.9 Å². The predicted molar refractivity (Wildman–Crippen MR) is 155 cm³/mol. The number of likely N-dealkylation sites (N-methyl/N-ethyl adjacent to an activating group) is 2. The lowest BCUT2D eigenvalue weighted by Crippen LogP contribution is -2.41. The van der Waals surface area contributed by atoms with Crippen LogP contribution < -0.4 is 10.6 Å². The third kappa shape index (κ3) is 13.4. The second kappa shape index (κ2) is 18.2. The van der Waals surface area contributed by atoms with Gasteiger partial charge >= 0.3 is 0 Å². The largest absolute Gasteiger partial charge is 0.350 e. The van der Waals surface area contributed by atoms with E-state index in [9.17, 15) is 14.4 Å². The number of carbonyl (C=O) groups excluding carboxylic acids is 3. The molecule has 1 aromatic rings. The molecular weight excluding hydrogens is 476 g/mol. The van der Waals surface area contributed by atoms with Crippen molar-refractivity contribution in [3.8, 4) is 12.3 Å². The molecule has 7 nitrogen and oxygen atoms in total. The van der Waals surface area contributed by atoms with Crippen LogP contribution in [0, 0.1) is 30.1 Å². The third-order valence-electron chi connectivity index (χ3n) is 6.56. The van der Waals surface area contributed by atoms with Crippen molar-refractivity contribution in [3.63, 3.8) is 0 Å². The fraction of sp³-hybridized carbons (Fsp3) is 0.581. The van der Waals surface area contributed by atoms with Crippen molar-refractivity contribution < 1.29 is 14.4 Å². The number of nitrogens with zero attached hydrogens (tertiary/aromatic N) is 2. The van der Waals surface area contributed by atoms with Crippen LogP contribution in [-0.4, -0.2) is 68.3 Å². The molecule has 0 saturated carbocycles. The van der Waals surface area contributed by atoms with Gasteiger partial charge in [-0.3, -0.25) is 14.4 Å². The van der Waals surface area contributed by atoms with E-state index in [1.807, 2.05) is 49.3 Å². The second-order valence-electron chi connectivity index (χ2n) is 10.8. The number of amides is 3. The van der Waals surface area contributed by atoms with Crippen LogP contribution in [0.1, 0.15) is 58.4 Å². The fourth-order valence-electron chi connectivity index (χ4n) is 4.13. The second-order valence-corrected chi connectivity index (χ2v) is 10.8. The molecule has 210 valence electrons. The molecule has 0 aromatic heterocycles. The lowest BCUT2D eigenvalue weighted by molar-refractivity contribution is -0.135. The number of nitrogens with one attached hydrogen (secondary N) is 2. The van der Waals surface area contributed by atoms with E-state index in [1.165, 1.54) is 6.08 Å². The van der Waals surface area contributed by atoms with Crippen LogP contribution >= 0.6 is 0 Å². The zero-order valence-corrected chi connectivity index (χ0v) is 24.3. The van der Waals surface area contributed by atoms with Crippen molar-refractivity contribution in [2.24, 2.45) is 17.8 Å². The Bertz CT molecular complexity index is 934. The lowest BCUT2D eigenvalue weighted by Gasteiger charge is -2.23. The molecule has 0 aliphatic carbocycles. The predicted octanol–water partition coefficient (Wildman–Crippen LogP) is 3.86. The van der Waals surface area contributed by atoms with Gasteiger partial charge in [0.1, 0.15) is 5.70 Å². The van der Waals surface area contributed by atoms with E-state index in [0.29, 0.717) is 31.3 Å². The summed E-state index contributed by atoms with van der Waals surface area (Å²) in [4.78, 5) is 43.0. The van der Waals surface area contributed by atoms with Gasteiger partial charge in [0.15, 0.2) is 0 Å². The fourth-order valence-corrected chi connectivity index (χ4v) is 4.13. The highest BCUT2D eigenvalue weighted by molar-refractivity contribution is 5.99. The van der Waals surface area contributed by atoms with Gasteiger partial charge in [-0.2, -0.15) is 0 Å². The monoisotopic (exact) mass is 524 g/mol. The molecule has 1 unspecified atom stereocenters. The zero-order chi connectivity index (χ0) is 28.5. The summed E-state index contributed by atoms with van der Waals surface area (Å²) < 4.78 is 0. The van der Waals surface area contributed by atoms with Crippen molar-refractivity contribution in [1.29, 1.82) is 0 Å². The van der Waals surface area contributed by atoms with Crippen LogP contribution in [0.5, 0.6) is 0 Å². The highest BCUT2D eigenvalue weighted by Crippen LogP contribution is 2.17. The Hall–Kier alpha value is -3.11. The van der Waals surface area contributed by atoms with Crippen LogP contribution in [0.25, 0.3) is 0 Å². The molecule has 38 heavy (non-hydrogen) atoms. The number of hydrogen-bond acceptors (Lipinski definition) is 4. The highest BCUT2D eigenvalue weighted by atomic mass is 16.2. The third-order valence-corrected chi connectivity index (χ3v) is 6.56. The topological polar surface area (TPSA) is 81.8 Å². The van der Waals surface area contributed by atoms with Gasteiger partial charge in [-0.05, 0) is 50.8 Å². The Kier molecular flexibility index (Phi) is 15.8. The standard InChI is InChI=1S/C31H48N4O3/c1-8-13-26(18-17-24(3)4)23-32-31(38)28(14-9-2)33-30(37)27(21-25-15-11-10-12-16-25)22-29(36)35(7)20-19-34(5)6/h2,10-12,14-16,24,26-27H,8,13,17-23H2,1,3-7H3,(H,32,38)(H,33,37)/b28-14+/t26?,27-/m1/s1. The lowest BCUT2D eigenvalue weighted by atomic mass is 9.94. The number of carbonyl (C=O) groups is 3. The Morgan fingerprint density at radius 3 is 2.29 bits per heavy atom. The Labute approximate surface area is 230 Å². The Morgan fingerprint density at radius 1 is 1.03 bits per heavy atom. The van der Waals surface area contributed by atoms with Crippen LogP contribution in [0.3, 0.4) is 0 Å². The molecule has 0 heterocycles. The molecule has 0 bridgehead atoms. The summed E-state index contributed by atoms with van der Waals surface area (Å²) in [5.41, 5.74) is 0.971. The molecule has 1 rings (SSSR count). The van der Waals surface area contributed by atoms with Gasteiger partial charge in [0.05, 0.1) is 5.92 Å². The van der Waals surface area contributed by atoms with E-state index in [2.05, 4.69) is 37.3 Å². The summed E-state index contributed by atoms with van der Waals surface area (Å²) in [5, 5.41) is 5.69. The van der Waals surface area contributed by atoms with E-state index < -0.39 is 17.7 Å². The molecule has 1 aromatic carbocycles. The normalized spacial score (nSPS) is 13.1. The quantitative estimate of drug-likeness (QED) is 0.240. The average molecular weight is 525 g/mol. The van der Waals surface area contributed by atoms with Crippen LogP contribution in [0.4, 0.5) is 0 Å². The molecule has 0 saturated heterocycles. The summed E-state index contributed by atoms with van der Waals surface area (Å²) in [5.74, 6) is 1.76. The minimum atomic E-state index is -0.653. The molecule has 0 radical (unpaired) electrons. The van der Waals surface area contributed by atoms with E-state index in [0.717, 1.165) is 37.8 Å². The zero-order valence-electron chi connectivity index (χ0n) is 24.3. The van der Waals surface area contributed by atoms with Crippen LogP contribution in [-0.2, 0) is 20.8 Å². The smallest absolute Gasteiger partial charge is 0.268 e. The first kappa shape index (κ1) is 32.9. The van der Waals surface area contributed by atoms with Gasteiger partial charge < -0.3 is 20.4 Å². The number of benzene rings is 1. The summed E-state index contributed by atoms with van der Waals surface area (Å²) in [6, 6.07) is 9.56. The molecule has 2 N–H and O–H groups in total. The average Bonchev–Trinajstić information content (AvgIpc) is 2.88. The van der Waals surface area contributed by atoms with Crippen molar-refractivity contribution >= 4 is 17.7 Å². The van der Waals surface area contributed by atoms with Crippen molar-refractivity contribution in [1.82, 2.24) is 20.4 Å². The van der Waals surface area contributed by atoms with E-state index in [1.54, 1.807) is 11.9 Å². The van der Waals surface area contributed by atoms with Gasteiger partial charge in [0.2, 0.25) is 11.8 Å². The van der Waals surface area contributed by atoms with Gasteiger partial charge in [-0.25, -0.2) is 0 Å². The van der Waals surface area contributed by atoms with E-state index >= 15 is 0 Å². The first-order valence-corrected chi connectivity index (χ1v) is 13.7. The minimum Gasteiger partial charge on any atom is -0.350 e. The molecule has 7 heteroatoms. The van der Waals surface area contributed by atoms with Crippen LogP contribution in [0.2, 0.25) is 0 Å². The number of rotatable bonds is 17. The van der Waals surface area contributed by atoms with E-state index in [4.69, 9.17) is 6.42 Å². The Morgan fingerprint density at radius 2 is 1.71 bits per heavy atom. The number of allylic oxidation sites excluding steroid dienone is 1. The van der Waals surface area contributed by atoms with Crippen molar-refractivity contribution in [3.05, 3.63) is 47.7 Å². The molecule has 2 atom stereocenters. The maximum Gasteiger partial charge on any atom is 0.268 e. The molecule has 0 spiro atoms. The van der Waals surface area contributed by atoms with Crippen LogP contribution in [0.15, 0.2) is 42.1 Å². The maximum absolute atomic E-state index is 13.4. The summed E-state index contributed by atoms with van der Waals surface area (Å²) in [6.07, 6.45) is 11.4. The highest BCUT2D eigenvalue weighted by Gasteiger charge is 2.26. The molecular formula is C31H48N4O3. The minimum absolute atomic E-state index is 0.0306.